The van der Waals surface area contributed by atoms with Gasteiger partial charge < -0.3 is 10.5 Å². The van der Waals surface area contributed by atoms with Crippen molar-refractivity contribution in [3.05, 3.63) is 34.3 Å². The number of hydrogen-bond donors (Lipinski definition) is 1. The Balaban J connectivity index is 2.37. The first-order valence-corrected chi connectivity index (χ1v) is 6.01. The molecule has 0 saturated heterocycles. The molecule has 0 heterocycles. The monoisotopic (exact) mass is 271 g/mol. The van der Waals surface area contributed by atoms with Crippen molar-refractivity contribution in [2.24, 2.45) is 5.73 Å². The van der Waals surface area contributed by atoms with Gasteiger partial charge in [0.15, 0.2) is 0 Å². The van der Waals surface area contributed by atoms with Crippen LogP contribution in [0.25, 0.3) is 0 Å². The summed E-state index contributed by atoms with van der Waals surface area (Å²) in [7, 11) is 1.72. The SMILES string of the molecule is COCCCC(N)Cc1ccccc1Br. The Bertz CT molecular complexity index is 291. The van der Waals surface area contributed by atoms with Crippen LogP contribution in [0.3, 0.4) is 0 Å². The maximum atomic E-state index is 6.04. The van der Waals surface area contributed by atoms with Gasteiger partial charge in [-0.25, -0.2) is 0 Å². The fourth-order valence-corrected chi connectivity index (χ4v) is 1.98. The molecule has 0 saturated carbocycles. The molecule has 0 fully saturated rings. The van der Waals surface area contributed by atoms with Crippen molar-refractivity contribution in [2.75, 3.05) is 13.7 Å². The van der Waals surface area contributed by atoms with Crippen molar-refractivity contribution in [1.82, 2.24) is 0 Å². The minimum atomic E-state index is 0.221. The fraction of sp³-hybridized carbons (Fsp3) is 0.500. The maximum Gasteiger partial charge on any atom is 0.0462 e. The van der Waals surface area contributed by atoms with Crippen LogP contribution >= 0.6 is 15.9 Å². The Morgan fingerprint density at radius 1 is 1.40 bits per heavy atom. The molecule has 15 heavy (non-hydrogen) atoms. The summed E-state index contributed by atoms with van der Waals surface area (Å²) in [5, 5.41) is 0. The van der Waals surface area contributed by atoms with Crippen LogP contribution in [0.4, 0.5) is 0 Å². The van der Waals surface area contributed by atoms with Gasteiger partial charge in [0.05, 0.1) is 0 Å². The van der Waals surface area contributed by atoms with E-state index in [1.807, 2.05) is 12.1 Å². The van der Waals surface area contributed by atoms with Crippen LogP contribution in [-0.4, -0.2) is 19.8 Å². The quantitative estimate of drug-likeness (QED) is 0.808. The third kappa shape index (κ3) is 4.78. The molecule has 1 aromatic carbocycles. The molecule has 0 spiro atoms. The van der Waals surface area contributed by atoms with Crippen molar-refractivity contribution >= 4 is 15.9 Å². The second kappa shape index (κ2) is 6.99. The molecule has 2 nitrogen and oxygen atoms in total. The summed E-state index contributed by atoms with van der Waals surface area (Å²) in [5.74, 6) is 0. The van der Waals surface area contributed by atoms with Crippen LogP contribution in [0.15, 0.2) is 28.7 Å². The summed E-state index contributed by atoms with van der Waals surface area (Å²) in [6.45, 7) is 0.795. The van der Waals surface area contributed by atoms with E-state index in [4.69, 9.17) is 10.5 Å². The van der Waals surface area contributed by atoms with Gasteiger partial charge in [-0.3, -0.25) is 0 Å². The summed E-state index contributed by atoms with van der Waals surface area (Å²) in [6, 6.07) is 8.45. The standard InChI is InChI=1S/C12H18BrNO/c1-15-8-4-6-11(14)9-10-5-2-3-7-12(10)13/h2-3,5,7,11H,4,6,8-9,14H2,1H3. The average molecular weight is 272 g/mol. The molecule has 1 unspecified atom stereocenters. The van der Waals surface area contributed by atoms with Gasteiger partial charge in [0, 0.05) is 24.2 Å². The second-order valence-electron chi connectivity index (χ2n) is 3.69. The van der Waals surface area contributed by atoms with Crippen molar-refractivity contribution < 1.29 is 4.74 Å². The van der Waals surface area contributed by atoms with Gasteiger partial charge in [-0.05, 0) is 30.9 Å². The zero-order valence-electron chi connectivity index (χ0n) is 9.08. The van der Waals surface area contributed by atoms with Crippen LogP contribution in [-0.2, 0) is 11.2 Å². The Labute approximate surface area is 99.9 Å². The number of rotatable bonds is 6. The first-order chi connectivity index (χ1) is 7.24. The number of methoxy groups -OCH3 is 1. The molecule has 0 aromatic heterocycles. The minimum absolute atomic E-state index is 0.221. The summed E-state index contributed by atoms with van der Waals surface area (Å²) in [4.78, 5) is 0. The van der Waals surface area contributed by atoms with Gasteiger partial charge in [-0.2, -0.15) is 0 Å². The Kier molecular flexibility index (Phi) is 5.91. The fourth-order valence-electron chi connectivity index (χ4n) is 1.54. The van der Waals surface area contributed by atoms with Gasteiger partial charge in [0.2, 0.25) is 0 Å². The number of halogens is 1. The normalized spacial score (nSPS) is 12.7. The molecule has 0 aliphatic heterocycles. The highest BCUT2D eigenvalue weighted by Gasteiger charge is 2.06. The molecular weight excluding hydrogens is 254 g/mol. The third-order valence-electron chi connectivity index (χ3n) is 2.36. The highest BCUT2D eigenvalue weighted by Crippen LogP contribution is 2.17. The van der Waals surface area contributed by atoms with Crippen LogP contribution < -0.4 is 5.73 Å². The molecule has 3 heteroatoms. The van der Waals surface area contributed by atoms with Crippen molar-refractivity contribution in [3.63, 3.8) is 0 Å². The van der Waals surface area contributed by atoms with E-state index in [9.17, 15) is 0 Å². The van der Waals surface area contributed by atoms with Gasteiger partial charge in [0.25, 0.3) is 0 Å². The molecule has 0 amide bonds. The molecule has 2 N–H and O–H groups in total. The topological polar surface area (TPSA) is 35.2 Å². The van der Waals surface area contributed by atoms with E-state index < -0.39 is 0 Å². The maximum absolute atomic E-state index is 6.04. The highest BCUT2D eigenvalue weighted by molar-refractivity contribution is 9.10. The van der Waals surface area contributed by atoms with Gasteiger partial charge >= 0.3 is 0 Å². The summed E-state index contributed by atoms with van der Waals surface area (Å²) in [6.07, 6.45) is 2.96. The molecule has 0 aliphatic rings. The van der Waals surface area contributed by atoms with E-state index in [-0.39, 0.29) is 6.04 Å². The van der Waals surface area contributed by atoms with E-state index in [1.165, 1.54) is 5.56 Å². The summed E-state index contributed by atoms with van der Waals surface area (Å²) < 4.78 is 6.15. The first-order valence-electron chi connectivity index (χ1n) is 5.22. The molecule has 0 radical (unpaired) electrons. The summed E-state index contributed by atoms with van der Waals surface area (Å²) in [5.41, 5.74) is 7.32. The van der Waals surface area contributed by atoms with Gasteiger partial charge in [-0.1, -0.05) is 34.1 Å². The smallest absolute Gasteiger partial charge is 0.0462 e. The Morgan fingerprint density at radius 3 is 2.80 bits per heavy atom. The number of ether oxygens (including phenoxy) is 1. The predicted octanol–water partition coefficient (Wildman–Crippen LogP) is 2.75. The minimum Gasteiger partial charge on any atom is -0.385 e. The van der Waals surface area contributed by atoms with Crippen molar-refractivity contribution in [1.29, 1.82) is 0 Å². The van der Waals surface area contributed by atoms with Crippen molar-refractivity contribution in [3.8, 4) is 0 Å². The lowest BCUT2D eigenvalue weighted by molar-refractivity contribution is 0.190. The first kappa shape index (κ1) is 12.7. The second-order valence-corrected chi connectivity index (χ2v) is 4.54. The third-order valence-corrected chi connectivity index (χ3v) is 3.14. The molecular formula is C12H18BrNO. The van der Waals surface area contributed by atoms with Gasteiger partial charge in [-0.15, -0.1) is 0 Å². The molecule has 1 atom stereocenters. The zero-order valence-corrected chi connectivity index (χ0v) is 10.7. The molecule has 0 aliphatic carbocycles. The van der Waals surface area contributed by atoms with Crippen LogP contribution in [0.5, 0.6) is 0 Å². The lowest BCUT2D eigenvalue weighted by Gasteiger charge is -2.12. The molecule has 84 valence electrons. The number of benzene rings is 1. The van der Waals surface area contributed by atoms with E-state index in [0.717, 1.165) is 30.3 Å². The molecule has 1 aromatic rings. The number of hydrogen-bond acceptors (Lipinski definition) is 2. The van der Waals surface area contributed by atoms with Crippen LogP contribution in [0, 0.1) is 0 Å². The van der Waals surface area contributed by atoms with E-state index >= 15 is 0 Å². The number of nitrogens with two attached hydrogens (primary N) is 1. The van der Waals surface area contributed by atoms with E-state index in [2.05, 4.69) is 28.1 Å². The van der Waals surface area contributed by atoms with Crippen LogP contribution in [0.2, 0.25) is 0 Å². The highest BCUT2D eigenvalue weighted by atomic mass is 79.9. The molecule has 1 rings (SSSR count). The van der Waals surface area contributed by atoms with Crippen molar-refractivity contribution in [2.45, 2.75) is 25.3 Å². The lowest BCUT2D eigenvalue weighted by atomic mass is 10.0. The van der Waals surface area contributed by atoms with Crippen LogP contribution in [0.1, 0.15) is 18.4 Å². The largest absolute Gasteiger partial charge is 0.385 e. The van der Waals surface area contributed by atoms with E-state index in [0.29, 0.717) is 0 Å². The zero-order chi connectivity index (χ0) is 11.1. The average Bonchev–Trinajstić information content (AvgIpc) is 2.22. The Morgan fingerprint density at radius 2 is 2.13 bits per heavy atom. The Hall–Kier alpha value is -0.380. The predicted molar refractivity (Wildman–Crippen MR) is 66.9 cm³/mol. The van der Waals surface area contributed by atoms with E-state index in [1.54, 1.807) is 7.11 Å². The summed E-state index contributed by atoms with van der Waals surface area (Å²) >= 11 is 3.53. The molecule has 0 bridgehead atoms. The lowest BCUT2D eigenvalue weighted by Crippen LogP contribution is -2.23. The van der Waals surface area contributed by atoms with Gasteiger partial charge in [0.1, 0.15) is 0 Å².